The third-order valence-electron chi connectivity index (χ3n) is 3.40. The van der Waals surface area contributed by atoms with E-state index < -0.39 is 0 Å². The highest BCUT2D eigenvalue weighted by Crippen LogP contribution is 2.23. The van der Waals surface area contributed by atoms with E-state index in [0.29, 0.717) is 5.56 Å². The van der Waals surface area contributed by atoms with E-state index in [1.807, 2.05) is 37.3 Å². The van der Waals surface area contributed by atoms with Crippen molar-refractivity contribution >= 4 is 11.6 Å². The molecule has 1 aliphatic heterocycles. The Kier molecular flexibility index (Phi) is 2.99. The number of furan rings is 1. The Bertz CT molecular complexity index is 590. The van der Waals surface area contributed by atoms with Crippen molar-refractivity contribution in [3.8, 4) is 0 Å². The molecule has 1 atom stereocenters. The quantitative estimate of drug-likeness (QED) is 0.887. The van der Waals surface area contributed by atoms with E-state index in [1.165, 1.54) is 5.56 Å². The maximum atomic E-state index is 12.2. The normalized spacial score (nSPS) is 14.6. The lowest BCUT2D eigenvalue weighted by Gasteiger charge is -2.12. The first-order valence-corrected chi connectivity index (χ1v) is 6.45. The highest BCUT2D eigenvalue weighted by molar-refractivity contribution is 5.95. The molecule has 3 rings (SSSR count). The molecule has 0 aliphatic carbocycles. The average Bonchev–Trinajstić information content (AvgIpc) is 3.09. The summed E-state index contributed by atoms with van der Waals surface area (Å²) in [5.74, 6) is 0.674. The van der Waals surface area contributed by atoms with Gasteiger partial charge in [-0.05, 0) is 43.2 Å². The van der Waals surface area contributed by atoms with Crippen molar-refractivity contribution in [1.29, 1.82) is 0 Å². The summed E-state index contributed by atoms with van der Waals surface area (Å²) in [7, 11) is 0. The van der Waals surface area contributed by atoms with Gasteiger partial charge in [0, 0.05) is 17.8 Å². The standard InChI is InChI=1S/C15H16N2O2/c1-10(14-3-2-8-19-14)17-15(18)12-5-4-11-6-7-16-13(11)9-12/h2-5,8-10,16H,6-7H2,1H3,(H,17,18)/t10-/m0/s1. The lowest BCUT2D eigenvalue weighted by Crippen LogP contribution is -2.26. The molecule has 2 heterocycles. The van der Waals surface area contributed by atoms with Crippen molar-refractivity contribution < 1.29 is 9.21 Å². The molecule has 98 valence electrons. The van der Waals surface area contributed by atoms with Crippen molar-refractivity contribution in [2.45, 2.75) is 19.4 Å². The third kappa shape index (κ3) is 2.34. The van der Waals surface area contributed by atoms with Crippen LogP contribution in [0, 0.1) is 0 Å². The number of rotatable bonds is 3. The topological polar surface area (TPSA) is 54.3 Å². The zero-order valence-corrected chi connectivity index (χ0v) is 10.8. The highest BCUT2D eigenvalue weighted by atomic mass is 16.3. The lowest BCUT2D eigenvalue weighted by molar-refractivity contribution is 0.0935. The van der Waals surface area contributed by atoms with E-state index in [0.717, 1.165) is 24.4 Å². The zero-order valence-electron chi connectivity index (χ0n) is 10.8. The summed E-state index contributed by atoms with van der Waals surface area (Å²) in [5, 5.41) is 6.21. The number of carbonyl (C=O) groups is 1. The minimum absolute atomic E-state index is 0.0830. The molecule has 1 aromatic carbocycles. The largest absolute Gasteiger partial charge is 0.467 e. The number of hydrogen-bond acceptors (Lipinski definition) is 3. The first-order chi connectivity index (χ1) is 9.24. The van der Waals surface area contributed by atoms with Crippen LogP contribution in [0.5, 0.6) is 0 Å². The molecule has 2 aromatic rings. The van der Waals surface area contributed by atoms with Crippen molar-refractivity contribution in [2.24, 2.45) is 0 Å². The van der Waals surface area contributed by atoms with Crippen molar-refractivity contribution in [3.63, 3.8) is 0 Å². The van der Waals surface area contributed by atoms with Gasteiger partial charge in [0.25, 0.3) is 5.91 Å². The fraction of sp³-hybridized carbons (Fsp3) is 0.267. The van der Waals surface area contributed by atoms with Gasteiger partial charge in [0.15, 0.2) is 0 Å². The second kappa shape index (κ2) is 4.80. The molecule has 0 fully saturated rings. The molecule has 0 bridgehead atoms. The molecule has 4 heteroatoms. The maximum absolute atomic E-state index is 12.2. The van der Waals surface area contributed by atoms with Gasteiger partial charge in [-0.3, -0.25) is 4.79 Å². The Hall–Kier alpha value is -2.23. The molecule has 0 spiro atoms. The number of nitrogens with one attached hydrogen (secondary N) is 2. The van der Waals surface area contributed by atoms with Gasteiger partial charge in [0.1, 0.15) is 5.76 Å². The summed E-state index contributed by atoms with van der Waals surface area (Å²) in [6.07, 6.45) is 2.64. The van der Waals surface area contributed by atoms with Gasteiger partial charge in [0.05, 0.1) is 12.3 Å². The average molecular weight is 256 g/mol. The summed E-state index contributed by atoms with van der Waals surface area (Å²) in [5.41, 5.74) is 3.01. The maximum Gasteiger partial charge on any atom is 0.251 e. The Labute approximate surface area is 111 Å². The van der Waals surface area contributed by atoms with Crippen LogP contribution in [0.4, 0.5) is 5.69 Å². The molecule has 1 aliphatic rings. The molecule has 4 nitrogen and oxygen atoms in total. The smallest absolute Gasteiger partial charge is 0.251 e. The summed E-state index contributed by atoms with van der Waals surface area (Å²) >= 11 is 0. The second-order valence-corrected chi connectivity index (χ2v) is 4.76. The van der Waals surface area contributed by atoms with Crippen LogP contribution in [0.25, 0.3) is 0 Å². The van der Waals surface area contributed by atoms with Gasteiger partial charge >= 0.3 is 0 Å². The number of amides is 1. The van der Waals surface area contributed by atoms with Crippen LogP contribution in [0.15, 0.2) is 41.0 Å². The minimum Gasteiger partial charge on any atom is -0.467 e. The first kappa shape index (κ1) is 11.8. The second-order valence-electron chi connectivity index (χ2n) is 4.76. The zero-order chi connectivity index (χ0) is 13.2. The molecule has 0 unspecified atom stereocenters. The number of fused-ring (bicyclic) bond motifs is 1. The predicted molar refractivity (Wildman–Crippen MR) is 73.2 cm³/mol. The molecule has 0 saturated carbocycles. The van der Waals surface area contributed by atoms with Crippen LogP contribution in [0.1, 0.15) is 34.6 Å². The van der Waals surface area contributed by atoms with Crippen LogP contribution < -0.4 is 10.6 Å². The van der Waals surface area contributed by atoms with E-state index in [4.69, 9.17) is 4.42 Å². The van der Waals surface area contributed by atoms with Gasteiger partial charge in [-0.25, -0.2) is 0 Å². The van der Waals surface area contributed by atoms with Crippen molar-refractivity contribution in [2.75, 3.05) is 11.9 Å². The molecule has 1 amide bonds. The van der Waals surface area contributed by atoms with Gasteiger partial charge in [-0.2, -0.15) is 0 Å². The van der Waals surface area contributed by atoms with Gasteiger partial charge < -0.3 is 15.1 Å². The number of carbonyl (C=O) groups excluding carboxylic acids is 1. The van der Waals surface area contributed by atoms with Crippen LogP contribution in [-0.2, 0) is 6.42 Å². The summed E-state index contributed by atoms with van der Waals surface area (Å²) < 4.78 is 5.28. The summed E-state index contributed by atoms with van der Waals surface area (Å²) in [6, 6.07) is 9.33. The monoisotopic (exact) mass is 256 g/mol. The Balaban J connectivity index is 1.74. The van der Waals surface area contributed by atoms with Crippen molar-refractivity contribution in [3.05, 3.63) is 53.5 Å². The van der Waals surface area contributed by atoms with Gasteiger partial charge in [-0.1, -0.05) is 6.07 Å². The van der Waals surface area contributed by atoms with E-state index in [-0.39, 0.29) is 11.9 Å². The molecule has 19 heavy (non-hydrogen) atoms. The third-order valence-corrected chi connectivity index (χ3v) is 3.40. The summed E-state index contributed by atoms with van der Waals surface area (Å²) in [4.78, 5) is 12.2. The van der Waals surface area contributed by atoms with E-state index in [1.54, 1.807) is 6.26 Å². The van der Waals surface area contributed by atoms with Gasteiger partial charge in [-0.15, -0.1) is 0 Å². The first-order valence-electron chi connectivity index (χ1n) is 6.45. The fourth-order valence-electron chi connectivity index (χ4n) is 2.32. The minimum atomic E-state index is -0.135. The van der Waals surface area contributed by atoms with E-state index in [2.05, 4.69) is 10.6 Å². The Morgan fingerprint density at radius 3 is 3.11 bits per heavy atom. The number of hydrogen-bond donors (Lipinski definition) is 2. The van der Waals surface area contributed by atoms with E-state index >= 15 is 0 Å². The molecular formula is C15H16N2O2. The van der Waals surface area contributed by atoms with Crippen LogP contribution in [0.3, 0.4) is 0 Å². The van der Waals surface area contributed by atoms with Crippen LogP contribution >= 0.6 is 0 Å². The molecule has 0 saturated heterocycles. The predicted octanol–water partition coefficient (Wildman–Crippen LogP) is 2.74. The molecule has 2 N–H and O–H groups in total. The summed E-state index contributed by atoms with van der Waals surface area (Å²) in [6.45, 7) is 2.85. The Morgan fingerprint density at radius 1 is 1.42 bits per heavy atom. The Morgan fingerprint density at radius 2 is 2.32 bits per heavy atom. The van der Waals surface area contributed by atoms with Crippen LogP contribution in [-0.4, -0.2) is 12.5 Å². The number of anilines is 1. The molecule has 1 aromatic heterocycles. The lowest BCUT2D eigenvalue weighted by atomic mass is 10.1. The van der Waals surface area contributed by atoms with Crippen molar-refractivity contribution in [1.82, 2.24) is 5.32 Å². The molecule has 0 radical (unpaired) electrons. The number of benzene rings is 1. The van der Waals surface area contributed by atoms with Gasteiger partial charge in [0.2, 0.25) is 0 Å². The van der Waals surface area contributed by atoms with Crippen LogP contribution in [0.2, 0.25) is 0 Å². The fourth-order valence-corrected chi connectivity index (χ4v) is 2.32. The van der Waals surface area contributed by atoms with E-state index in [9.17, 15) is 4.79 Å². The molecular weight excluding hydrogens is 240 g/mol. The SMILES string of the molecule is C[C@H](NC(=O)c1ccc2c(c1)NCC2)c1ccco1. The highest BCUT2D eigenvalue weighted by Gasteiger charge is 2.16.